The molecule has 1 N–H and O–H groups in total. The lowest BCUT2D eigenvalue weighted by Crippen LogP contribution is -2.45. The monoisotopic (exact) mass is 496 g/mol. The molecule has 2 amide bonds. The molecular formula is C27H33FN2O4Si. The van der Waals surface area contributed by atoms with E-state index in [-0.39, 0.29) is 24.3 Å². The number of para-hydroxylation sites is 1. The van der Waals surface area contributed by atoms with Crippen molar-refractivity contribution in [3.05, 3.63) is 59.7 Å². The number of hydrogen-bond acceptors (Lipinski definition) is 4. The van der Waals surface area contributed by atoms with Gasteiger partial charge in [-0.1, -0.05) is 37.3 Å². The van der Waals surface area contributed by atoms with Crippen LogP contribution in [0.4, 0.5) is 15.5 Å². The largest absolute Gasteiger partial charge is 0.396 e. The number of rotatable bonds is 6. The van der Waals surface area contributed by atoms with Gasteiger partial charge >= 0.3 is 0 Å². The second-order valence-corrected chi connectivity index (χ2v) is 14.3. The molecular weight excluding hydrogens is 463 g/mol. The van der Waals surface area contributed by atoms with Crippen LogP contribution in [0.3, 0.4) is 0 Å². The zero-order chi connectivity index (χ0) is 25.0. The highest BCUT2D eigenvalue weighted by molar-refractivity contribution is 6.72. The molecule has 186 valence electrons. The maximum Gasteiger partial charge on any atom is 0.264 e. The highest BCUT2D eigenvalue weighted by Crippen LogP contribution is 2.60. The smallest absolute Gasteiger partial charge is 0.264 e. The van der Waals surface area contributed by atoms with Gasteiger partial charge in [0, 0.05) is 42.3 Å². The van der Waals surface area contributed by atoms with E-state index in [9.17, 15) is 14.7 Å². The minimum Gasteiger partial charge on any atom is -0.396 e. The fourth-order valence-electron chi connectivity index (χ4n) is 6.44. The Morgan fingerprint density at radius 1 is 1.14 bits per heavy atom. The molecule has 0 radical (unpaired) electrons. The number of aliphatic hydroxyl groups excluding tert-OH is 1. The van der Waals surface area contributed by atoms with Gasteiger partial charge in [-0.05, 0) is 49.7 Å². The Bertz CT molecular complexity index is 1130. The Kier molecular flexibility index (Phi) is 6.10. The number of carbonyl (C=O) groups excluding carboxylic acids is 2. The van der Waals surface area contributed by atoms with E-state index >= 15 is 4.11 Å². The Morgan fingerprint density at radius 2 is 1.86 bits per heavy atom. The normalized spacial score (nSPS) is 28.4. The molecule has 0 unspecified atom stereocenters. The molecule has 0 bridgehead atoms. The van der Waals surface area contributed by atoms with Crippen LogP contribution >= 0.6 is 0 Å². The predicted octanol–water partition coefficient (Wildman–Crippen LogP) is 4.52. The average molecular weight is 497 g/mol. The molecule has 6 nitrogen and oxygen atoms in total. The van der Waals surface area contributed by atoms with Gasteiger partial charge < -0.3 is 23.8 Å². The molecule has 35 heavy (non-hydrogen) atoms. The summed E-state index contributed by atoms with van der Waals surface area (Å²) in [6.07, 6.45) is 1.26. The summed E-state index contributed by atoms with van der Waals surface area (Å²) in [7, 11) is -3.19. The summed E-state index contributed by atoms with van der Waals surface area (Å²) in [5, 5.41) is 9.65. The summed E-state index contributed by atoms with van der Waals surface area (Å²) < 4.78 is 22.0. The van der Waals surface area contributed by atoms with Crippen molar-refractivity contribution >= 4 is 31.6 Å². The molecule has 0 aromatic heterocycles. The number of fused-ring (bicyclic) bond motifs is 2. The van der Waals surface area contributed by atoms with Gasteiger partial charge in [-0.3, -0.25) is 9.59 Å². The van der Waals surface area contributed by atoms with Crippen molar-refractivity contribution in [1.29, 1.82) is 0 Å². The summed E-state index contributed by atoms with van der Waals surface area (Å²) in [5.74, 6) is -0.386. The molecule has 2 saturated heterocycles. The molecule has 2 aromatic carbocycles. The molecule has 5 rings (SSSR count). The first-order valence-corrected chi connectivity index (χ1v) is 15.4. The van der Waals surface area contributed by atoms with Crippen LogP contribution in [-0.2, 0) is 26.5 Å². The number of aliphatic hydroxyl groups is 1. The second-order valence-electron chi connectivity index (χ2n) is 10.5. The van der Waals surface area contributed by atoms with Crippen molar-refractivity contribution in [1.82, 2.24) is 0 Å². The number of anilines is 2. The zero-order valence-electron chi connectivity index (χ0n) is 20.5. The first kappa shape index (κ1) is 24.2. The van der Waals surface area contributed by atoms with Gasteiger partial charge in [0.15, 0.2) is 5.60 Å². The molecule has 2 fully saturated rings. The first-order valence-electron chi connectivity index (χ1n) is 12.5. The predicted molar refractivity (Wildman–Crippen MR) is 135 cm³/mol. The SMILES string of the molecule is C[C@@H]1[C@@H]([Si](C)(C)F)[C@H](CCO)O[C@@]12C(=O)N(Cc1ccc(N3CCCC3=O)cc1)c1ccccc12. The highest BCUT2D eigenvalue weighted by atomic mass is 28.4. The molecule has 0 aliphatic carbocycles. The Labute approximate surface area is 206 Å². The molecule has 4 atom stereocenters. The van der Waals surface area contributed by atoms with Crippen LogP contribution in [0.2, 0.25) is 18.6 Å². The first-order chi connectivity index (χ1) is 16.7. The van der Waals surface area contributed by atoms with Crippen LogP contribution in [-0.4, -0.2) is 44.6 Å². The molecule has 8 heteroatoms. The fourth-order valence-corrected chi connectivity index (χ4v) is 8.98. The van der Waals surface area contributed by atoms with Crippen LogP contribution in [0, 0.1) is 5.92 Å². The summed E-state index contributed by atoms with van der Waals surface area (Å²) >= 11 is 0. The second kappa shape index (κ2) is 8.83. The van der Waals surface area contributed by atoms with Crippen LogP contribution < -0.4 is 9.80 Å². The number of ether oxygens (including phenoxy) is 1. The van der Waals surface area contributed by atoms with E-state index in [0.29, 0.717) is 19.4 Å². The number of benzene rings is 2. The van der Waals surface area contributed by atoms with Crippen molar-refractivity contribution in [3.63, 3.8) is 0 Å². The van der Waals surface area contributed by atoms with E-state index in [4.69, 9.17) is 4.74 Å². The third-order valence-electron chi connectivity index (χ3n) is 7.94. The maximum absolute atomic E-state index is 15.5. The molecule has 1 spiro atoms. The minimum absolute atomic E-state index is 0.111. The minimum atomic E-state index is -3.19. The van der Waals surface area contributed by atoms with Gasteiger partial charge in [0.2, 0.25) is 14.3 Å². The van der Waals surface area contributed by atoms with E-state index in [2.05, 4.69) is 0 Å². The van der Waals surface area contributed by atoms with Crippen LogP contribution in [0.25, 0.3) is 0 Å². The van der Waals surface area contributed by atoms with E-state index in [1.165, 1.54) is 0 Å². The van der Waals surface area contributed by atoms with Crippen molar-refractivity contribution < 1.29 is 23.5 Å². The molecule has 3 aliphatic heterocycles. The van der Waals surface area contributed by atoms with E-state index in [1.54, 1.807) is 22.9 Å². The third-order valence-corrected chi connectivity index (χ3v) is 10.4. The molecule has 0 saturated carbocycles. The third kappa shape index (κ3) is 3.82. The van der Waals surface area contributed by atoms with Crippen LogP contribution in [0.15, 0.2) is 48.5 Å². The topological polar surface area (TPSA) is 70.1 Å². The van der Waals surface area contributed by atoms with Crippen LogP contribution in [0.1, 0.15) is 37.3 Å². The summed E-state index contributed by atoms with van der Waals surface area (Å²) in [4.78, 5) is 29.7. The zero-order valence-corrected chi connectivity index (χ0v) is 21.5. The molecule has 3 heterocycles. The van der Waals surface area contributed by atoms with Gasteiger partial charge in [-0.15, -0.1) is 0 Å². The van der Waals surface area contributed by atoms with Crippen LogP contribution in [0.5, 0.6) is 0 Å². The van der Waals surface area contributed by atoms with Crippen molar-refractivity contribution in [3.8, 4) is 0 Å². The average Bonchev–Trinajstić information content (AvgIpc) is 3.45. The molecule has 2 aromatic rings. The van der Waals surface area contributed by atoms with Crippen molar-refractivity contribution in [2.24, 2.45) is 5.92 Å². The van der Waals surface area contributed by atoms with Gasteiger partial charge in [0.1, 0.15) is 0 Å². The molecule has 3 aliphatic rings. The quantitative estimate of drug-likeness (QED) is 0.472. The standard InChI is InChI=1S/C27H33FN2O4Si/c1-18-25(35(2,3)28)23(14-16-31)34-27(18)21-7-4-5-8-22(21)30(26(27)33)17-19-10-12-20(13-11-19)29-15-6-9-24(29)32/h4-5,7-8,10-13,18,23,25,31H,6,9,14-17H2,1-3H3/t18-,23+,25-,27+/m1/s1. The Hall–Kier alpha value is -2.55. The lowest BCUT2D eigenvalue weighted by atomic mass is 9.82. The van der Waals surface area contributed by atoms with Gasteiger partial charge in [-0.2, -0.15) is 0 Å². The van der Waals surface area contributed by atoms with E-state index in [0.717, 1.165) is 35.5 Å². The number of nitrogens with zero attached hydrogens (tertiary/aromatic N) is 2. The maximum atomic E-state index is 15.5. The summed E-state index contributed by atoms with van der Waals surface area (Å²) in [5.41, 5.74) is 1.72. The number of amides is 2. The lowest BCUT2D eigenvalue weighted by Gasteiger charge is -2.31. The highest BCUT2D eigenvalue weighted by Gasteiger charge is 2.66. The fraction of sp³-hybridized carbons (Fsp3) is 0.481. The van der Waals surface area contributed by atoms with Crippen molar-refractivity contribution in [2.75, 3.05) is 23.0 Å². The van der Waals surface area contributed by atoms with Crippen molar-refractivity contribution in [2.45, 2.75) is 63.1 Å². The summed E-state index contributed by atoms with van der Waals surface area (Å²) in [6.45, 7) is 6.23. The summed E-state index contributed by atoms with van der Waals surface area (Å²) in [6, 6.07) is 15.4. The Morgan fingerprint density at radius 3 is 2.49 bits per heavy atom. The number of halogens is 1. The van der Waals surface area contributed by atoms with Gasteiger partial charge in [0.05, 0.1) is 18.3 Å². The van der Waals surface area contributed by atoms with Gasteiger partial charge in [-0.25, -0.2) is 0 Å². The van der Waals surface area contributed by atoms with E-state index in [1.807, 2.05) is 55.5 Å². The lowest BCUT2D eigenvalue weighted by molar-refractivity contribution is -0.146. The van der Waals surface area contributed by atoms with E-state index < -0.39 is 25.7 Å². The Balaban J connectivity index is 1.48. The number of hydrogen-bond donors (Lipinski definition) is 1. The number of carbonyl (C=O) groups is 2. The van der Waals surface area contributed by atoms with Gasteiger partial charge in [0.25, 0.3) is 5.91 Å².